The van der Waals surface area contributed by atoms with Crippen molar-refractivity contribution in [2.24, 2.45) is 5.92 Å². The number of nitrogen functional groups attached to an aromatic ring is 1. The maximum Gasteiger partial charge on any atom is 0.255 e. The molecule has 1 atom stereocenters. The van der Waals surface area contributed by atoms with Crippen LogP contribution in [0, 0.1) is 5.92 Å². The second kappa shape index (κ2) is 7.97. The van der Waals surface area contributed by atoms with Gasteiger partial charge in [0.2, 0.25) is 5.95 Å². The predicted octanol–water partition coefficient (Wildman–Crippen LogP) is 5.16. The SMILES string of the molecule is CC1CCN(C(=O)c2cccc3c(C4(c5ccc(-c6cnc(N)nc6)cc5)CCC4)c[nH]c23)C1. The molecule has 1 aliphatic carbocycles. The molecule has 34 heavy (non-hydrogen) atoms. The fourth-order valence-electron chi connectivity index (χ4n) is 5.73. The molecule has 6 rings (SSSR count). The summed E-state index contributed by atoms with van der Waals surface area (Å²) in [6.45, 7) is 3.91. The number of nitrogens with zero attached hydrogens (tertiary/aromatic N) is 3. The maximum atomic E-state index is 13.3. The smallest absolute Gasteiger partial charge is 0.255 e. The lowest BCUT2D eigenvalue weighted by Crippen LogP contribution is -2.35. The van der Waals surface area contributed by atoms with Crippen molar-refractivity contribution < 1.29 is 4.79 Å². The van der Waals surface area contributed by atoms with Crippen molar-refractivity contribution in [3.8, 4) is 11.1 Å². The van der Waals surface area contributed by atoms with E-state index in [4.69, 9.17) is 5.73 Å². The number of aromatic nitrogens is 3. The van der Waals surface area contributed by atoms with E-state index in [2.05, 4.69) is 58.4 Å². The summed E-state index contributed by atoms with van der Waals surface area (Å²) < 4.78 is 0. The van der Waals surface area contributed by atoms with Crippen LogP contribution in [0.5, 0.6) is 0 Å². The Morgan fingerprint density at radius 2 is 1.85 bits per heavy atom. The Balaban J connectivity index is 1.36. The monoisotopic (exact) mass is 451 g/mol. The summed E-state index contributed by atoms with van der Waals surface area (Å²) in [5, 5.41) is 1.16. The van der Waals surface area contributed by atoms with Crippen molar-refractivity contribution in [2.75, 3.05) is 18.8 Å². The van der Waals surface area contributed by atoms with Gasteiger partial charge in [0, 0.05) is 48.0 Å². The highest BCUT2D eigenvalue weighted by Crippen LogP contribution is 2.51. The molecule has 2 aromatic carbocycles. The van der Waals surface area contributed by atoms with Crippen molar-refractivity contribution in [3.05, 3.63) is 77.7 Å². The van der Waals surface area contributed by atoms with Crippen LogP contribution >= 0.6 is 0 Å². The molecule has 6 heteroatoms. The van der Waals surface area contributed by atoms with Crippen molar-refractivity contribution >= 4 is 22.8 Å². The van der Waals surface area contributed by atoms with Crippen molar-refractivity contribution in [2.45, 2.75) is 38.0 Å². The van der Waals surface area contributed by atoms with Gasteiger partial charge in [-0.05, 0) is 47.9 Å². The first-order valence-corrected chi connectivity index (χ1v) is 12.1. The number of hydrogen-bond donors (Lipinski definition) is 2. The Morgan fingerprint density at radius 1 is 1.09 bits per heavy atom. The topological polar surface area (TPSA) is 87.9 Å². The van der Waals surface area contributed by atoms with Gasteiger partial charge in [-0.2, -0.15) is 0 Å². The molecule has 1 aliphatic heterocycles. The number of carbonyl (C=O) groups excluding carboxylic acids is 1. The van der Waals surface area contributed by atoms with Crippen molar-refractivity contribution in [3.63, 3.8) is 0 Å². The largest absolute Gasteiger partial charge is 0.368 e. The zero-order valence-corrected chi connectivity index (χ0v) is 19.4. The summed E-state index contributed by atoms with van der Waals surface area (Å²) in [6, 6.07) is 14.9. The standard InChI is InChI=1S/C28H29N5O/c1-18-10-13-33(17-18)26(34)23-5-2-4-22-24(16-30-25(22)23)28(11-3-12-28)21-8-6-19(7-9-21)20-14-31-27(29)32-15-20/h2,4-9,14-16,18,30H,3,10-13,17H2,1H3,(H2,29,31,32). The summed E-state index contributed by atoms with van der Waals surface area (Å²) in [7, 11) is 0. The molecule has 2 aliphatic rings. The molecule has 6 nitrogen and oxygen atoms in total. The van der Waals surface area contributed by atoms with Gasteiger partial charge in [0.1, 0.15) is 0 Å². The van der Waals surface area contributed by atoms with Crippen LogP contribution in [0.4, 0.5) is 5.95 Å². The van der Waals surface area contributed by atoms with Gasteiger partial charge in [0.25, 0.3) is 5.91 Å². The molecule has 1 unspecified atom stereocenters. The number of benzene rings is 2. The molecule has 3 heterocycles. The highest BCUT2D eigenvalue weighted by Gasteiger charge is 2.42. The fraction of sp³-hybridized carbons (Fsp3) is 0.321. The van der Waals surface area contributed by atoms with Crippen LogP contribution in [0.25, 0.3) is 22.0 Å². The van der Waals surface area contributed by atoms with E-state index in [1.54, 1.807) is 12.4 Å². The molecule has 3 N–H and O–H groups in total. The zero-order chi connectivity index (χ0) is 23.3. The molecule has 0 radical (unpaired) electrons. The Hall–Kier alpha value is -3.67. The number of anilines is 1. The summed E-state index contributed by atoms with van der Waals surface area (Å²) in [5.41, 5.74) is 12.0. The second-order valence-electron chi connectivity index (χ2n) is 9.92. The first-order valence-electron chi connectivity index (χ1n) is 12.1. The lowest BCUT2D eigenvalue weighted by molar-refractivity contribution is 0.0790. The van der Waals surface area contributed by atoms with E-state index in [9.17, 15) is 4.79 Å². The van der Waals surface area contributed by atoms with Crippen molar-refractivity contribution in [1.82, 2.24) is 19.9 Å². The number of likely N-dealkylation sites (tertiary alicyclic amines) is 1. The number of amides is 1. The van der Waals surface area contributed by atoms with Crippen LogP contribution in [0.1, 0.15) is 54.1 Å². The zero-order valence-electron chi connectivity index (χ0n) is 19.4. The van der Waals surface area contributed by atoms with Crippen LogP contribution in [0.2, 0.25) is 0 Å². The molecular weight excluding hydrogens is 422 g/mol. The number of para-hydroxylation sites is 1. The van der Waals surface area contributed by atoms with Gasteiger partial charge in [0.05, 0.1) is 11.1 Å². The third-order valence-corrected chi connectivity index (χ3v) is 7.82. The van der Waals surface area contributed by atoms with Gasteiger partial charge in [-0.3, -0.25) is 4.79 Å². The predicted molar refractivity (Wildman–Crippen MR) is 134 cm³/mol. The molecule has 1 saturated carbocycles. The minimum atomic E-state index is -0.0295. The number of aromatic amines is 1. The van der Waals surface area contributed by atoms with Crippen LogP contribution in [0.3, 0.4) is 0 Å². The molecule has 0 spiro atoms. The number of rotatable bonds is 4. The molecule has 4 aromatic rings. The lowest BCUT2D eigenvalue weighted by atomic mass is 9.60. The van der Waals surface area contributed by atoms with Crippen LogP contribution in [-0.4, -0.2) is 38.8 Å². The summed E-state index contributed by atoms with van der Waals surface area (Å²) in [5.74, 6) is 0.995. The Bertz CT molecular complexity index is 1350. The van der Waals surface area contributed by atoms with Gasteiger partial charge in [-0.25, -0.2) is 9.97 Å². The van der Waals surface area contributed by atoms with E-state index in [0.717, 1.165) is 59.9 Å². The van der Waals surface area contributed by atoms with Gasteiger partial charge >= 0.3 is 0 Å². The minimum absolute atomic E-state index is 0.0295. The van der Waals surface area contributed by atoms with Crippen LogP contribution < -0.4 is 5.73 Å². The summed E-state index contributed by atoms with van der Waals surface area (Å²) >= 11 is 0. The molecular formula is C28H29N5O. The quantitative estimate of drug-likeness (QED) is 0.449. The highest BCUT2D eigenvalue weighted by molar-refractivity contribution is 6.06. The third-order valence-electron chi connectivity index (χ3n) is 7.82. The first-order chi connectivity index (χ1) is 16.5. The highest BCUT2D eigenvalue weighted by atomic mass is 16.2. The Kier molecular flexibility index (Phi) is 4.90. The fourth-order valence-corrected chi connectivity index (χ4v) is 5.73. The number of hydrogen-bond acceptors (Lipinski definition) is 4. The lowest BCUT2D eigenvalue weighted by Gasteiger charge is -2.43. The number of H-pyrrole nitrogens is 1. The molecule has 172 valence electrons. The van der Waals surface area contributed by atoms with Gasteiger partial charge in [-0.1, -0.05) is 49.7 Å². The van der Waals surface area contributed by atoms with Gasteiger partial charge in [-0.15, -0.1) is 0 Å². The molecule has 0 bridgehead atoms. The maximum absolute atomic E-state index is 13.3. The normalized spacial score (nSPS) is 19.3. The van der Waals surface area contributed by atoms with Crippen LogP contribution in [0.15, 0.2) is 61.1 Å². The van der Waals surface area contributed by atoms with E-state index in [1.165, 1.54) is 17.5 Å². The Morgan fingerprint density at radius 3 is 2.50 bits per heavy atom. The van der Waals surface area contributed by atoms with E-state index >= 15 is 0 Å². The van der Waals surface area contributed by atoms with Crippen LogP contribution in [-0.2, 0) is 5.41 Å². The van der Waals surface area contributed by atoms with Gasteiger partial charge < -0.3 is 15.6 Å². The molecule has 2 aromatic heterocycles. The van der Waals surface area contributed by atoms with E-state index < -0.39 is 0 Å². The van der Waals surface area contributed by atoms with E-state index in [1.807, 2.05) is 17.0 Å². The Labute approximate surface area is 199 Å². The van der Waals surface area contributed by atoms with E-state index in [-0.39, 0.29) is 17.3 Å². The number of nitrogens with two attached hydrogens (primary N) is 1. The minimum Gasteiger partial charge on any atom is -0.368 e. The summed E-state index contributed by atoms with van der Waals surface area (Å²) in [6.07, 6.45) is 10.1. The number of fused-ring (bicyclic) bond motifs is 1. The average Bonchev–Trinajstić information content (AvgIpc) is 3.46. The third kappa shape index (κ3) is 3.28. The molecule has 1 saturated heterocycles. The second-order valence-corrected chi connectivity index (χ2v) is 9.92. The summed E-state index contributed by atoms with van der Waals surface area (Å²) in [4.78, 5) is 27.0. The number of nitrogens with one attached hydrogen (secondary N) is 1. The number of carbonyl (C=O) groups is 1. The molecule has 1 amide bonds. The van der Waals surface area contributed by atoms with E-state index in [0.29, 0.717) is 5.92 Å². The molecule has 2 fully saturated rings. The first kappa shape index (κ1) is 20.9. The average molecular weight is 452 g/mol. The van der Waals surface area contributed by atoms with Gasteiger partial charge in [0.15, 0.2) is 0 Å². The van der Waals surface area contributed by atoms with Crippen molar-refractivity contribution in [1.29, 1.82) is 0 Å².